The van der Waals surface area contributed by atoms with Crippen LogP contribution in [0, 0.1) is 0 Å². The van der Waals surface area contributed by atoms with Crippen LogP contribution in [0.5, 0.6) is 23.0 Å². The van der Waals surface area contributed by atoms with Gasteiger partial charge in [-0.1, -0.05) is 18.2 Å². The summed E-state index contributed by atoms with van der Waals surface area (Å²) in [6, 6.07) is 21.6. The van der Waals surface area contributed by atoms with E-state index in [1.165, 1.54) is 0 Å². The van der Waals surface area contributed by atoms with E-state index < -0.39 is 0 Å². The number of methoxy groups -OCH3 is 3. The largest absolute Gasteiger partial charge is 0.497 e. The smallest absolute Gasteiger partial charge is 0.174 e. The molecular weight excluding hydrogens is 436 g/mol. The molecule has 0 aliphatic heterocycles. The van der Waals surface area contributed by atoms with Crippen LogP contribution in [-0.2, 0) is 13.1 Å². The lowest BCUT2D eigenvalue weighted by Crippen LogP contribution is -2.33. The molecule has 3 aromatic rings. The lowest BCUT2D eigenvalue weighted by molar-refractivity contribution is 0.340. The highest BCUT2D eigenvalue weighted by atomic mass is 32.1. The Balaban J connectivity index is 1.81. The second kappa shape index (κ2) is 12.0. The molecule has 1 N–H and O–H groups in total. The second-order valence-electron chi connectivity index (χ2n) is 7.28. The van der Waals surface area contributed by atoms with Crippen molar-refractivity contribution in [2.24, 2.45) is 0 Å². The first-order valence-electron chi connectivity index (χ1n) is 10.7. The molecule has 0 aromatic heterocycles. The third-order valence-electron chi connectivity index (χ3n) is 5.06. The predicted molar refractivity (Wildman–Crippen MR) is 136 cm³/mol. The minimum atomic E-state index is 0.593. The van der Waals surface area contributed by atoms with Gasteiger partial charge in [-0.2, -0.15) is 0 Å². The van der Waals surface area contributed by atoms with Gasteiger partial charge in [-0.05, 0) is 78.8 Å². The third-order valence-corrected chi connectivity index (χ3v) is 5.42. The zero-order valence-electron chi connectivity index (χ0n) is 19.5. The summed E-state index contributed by atoms with van der Waals surface area (Å²) in [4.78, 5) is 2.11. The van der Waals surface area contributed by atoms with Crippen LogP contribution < -0.4 is 24.3 Å². The summed E-state index contributed by atoms with van der Waals surface area (Å²) in [6.07, 6.45) is 0. The SMILES string of the molecule is CCOc1ccc(NC(=S)N(Cc2ccc(OC)cc2)Cc2ccc(OC)c(OC)c2)cc1. The molecule has 0 bridgehead atoms. The molecule has 0 aliphatic carbocycles. The fourth-order valence-electron chi connectivity index (χ4n) is 3.35. The highest BCUT2D eigenvalue weighted by Gasteiger charge is 2.14. The van der Waals surface area contributed by atoms with Crippen LogP contribution in [0.2, 0.25) is 0 Å². The van der Waals surface area contributed by atoms with E-state index in [-0.39, 0.29) is 0 Å². The van der Waals surface area contributed by atoms with Crippen molar-refractivity contribution in [2.45, 2.75) is 20.0 Å². The van der Waals surface area contributed by atoms with Gasteiger partial charge in [0.1, 0.15) is 11.5 Å². The van der Waals surface area contributed by atoms with E-state index in [1.54, 1.807) is 21.3 Å². The van der Waals surface area contributed by atoms with Crippen molar-refractivity contribution in [3.8, 4) is 23.0 Å². The highest BCUT2D eigenvalue weighted by Crippen LogP contribution is 2.28. The summed E-state index contributed by atoms with van der Waals surface area (Å²) < 4.78 is 21.7. The summed E-state index contributed by atoms with van der Waals surface area (Å²) in [5.41, 5.74) is 3.07. The van der Waals surface area contributed by atoms with Gasteiger partial charge < -0.3 is 29.2 Å². The van der Waals surface area contributed by atoms with Crippen molar-refractivity contribution in [3.63, 3.8) is 0 Å². The minimum Gasteiger partial charge on any atom is -0.497 e. The van der Waals surface area contributed by atoms with Crippen LogP contribution in [0.1, 0.15) is 18.1 Å². The molecule has 174 valence electrons. The average molecular weight is 467 g/mol. The Morgan fingerprint density at radius 3 is 1.97 bits per heavy atom. The Kier molecular flexibility index (Phi) is 8.78. The Labute approximate surface area is 201 Å². The van der Waals surface area contributed by atoms with Crippen molar-refractivity contribution < 1.29 is 18.9 Å². The number of nitrogens with zero attached hydrogens (tertiary/aromatic N) is 1. The molecule has 3 aromatic carbocycles. The molecule has 0 spiro atoms. The summed E-state index contributed by atoms with van der Waals surface area (Å²) >= 11 is 5.80. The number of hydrogen-bond donors (Lipinski definition) is 1. The Morgan fingerprint density at radius 1 is 0.758 bits per heavy atom. The van der Waals surface area contributed by atoms with E-state index in [1.807, 2.05) is 73.7 Å². The van der Waals surface area contributed by atoms with Gasteiger partial charge in [0.05, 0.1) is 27.9 Å². The molecule has 6 nitrogen and oxygen atoms in total. The zero-order valence-corrected chi connectivity index (χ0v) is 20.3. The van der Waals surface area contributed by atoms with Crippen LogP contribution in [0.15, 0.2) is 66.7 Å². The number of nitrogens with one attached hydrogen (secondary N) is 1. The molecule has 0 unspecified atom stereocenters. The van der Waals surface area contributed by atoms with Crippen LogP contribution >= 0.6 is 12.2 Å². The average Bonchev–Trinajstić information content (AvgIpc) is 2.85. The van der Waals surface area contributed by atoms with Gasteiger partial charge in [0.25, 0.3) is 0 Å². The zero-order chi connectivity index (χ0) is 23.6. The molecule has 0 fully saturated rings. The Bertz CT molecular complexity index is 1040. The fourth-order valence-corrected chi connectivity index (χ4v) is 3.60. The first-order chi connectivity index (χ1) is 16.1. The molecular formula is C26H30N2O4S. The second-order valence-corrected chi connectivity index (χ2v) is 7.67. The predicted octanol–water partition coefficient (Wildman–Crippen LogP) is 5.51. The summed E-state index contributed by atoms with van der Waals surface area (Å²) in [7, 11) is 4.92. The van der Waals surface area contributed by atoms with Crippen LogP contribution in [0.4, 0.5) is 5.69 Å². The molecule has 0 heterocycles. The molecule has 7 heteroatoms. The summed E-state index contributed by atoms with van der Waals surface area (Å²) in [5, 5.41) is 3.96. The fraction of sp³-hybridized carbons (Fsp3) is 0.269. The highest BCUT2D eigenvalue weighted by molar-refractivity contribution is 7.80. The lowest BCUT2D eigenvalue weighted by atomic mass is 10.1. The van der Waals surface area contributed by atoms with Crippen LogP contribution in [-0.4, -0.2) is 37.9 Å². The number of rotatable bonds is 10. The van der Waals surface area contributed by atoms with Crippen molar-refractivity contribution in [1.82, 2.24) is 4.90 Å². The molecule has 0 atom stereocenters. The number of hydrogen-bond acceptors (Lipinski definition) is 5. The van der Waals surface area contributed by atoms with Crippen LogP contribution in [0.3, 0.4) is 0 Å². The Morgan fingerprint density at radius 2 is 1.36 bits per heavy atom. The van der Waals surface area contributed by atoms with Gasteiger partial charge in [-0.3, -0.25) is 0 Å². The van der Waals surface area contributed by atoms with Crippen LogP contribution in [0.25, 0.3) is 0 Å². The topological polar surface area (TPSA) is 52.2 Å². The lowest BCUT2D eigenvalue weighted by Gasteiger charge is -2.27. The van der Waals surface area contributed by atoms with E-state index in [4.69, 9.17) is 31.2 Å². The minimum absolute atomic E-state index is 0.593. The van der Waals surface area contributed by atoms with E-state index in [0.29, 0.717) is 36.3 Å². The quantitative estimate of drug-likeness (QED) is 0.395. The van der Waals surface area contributed by atoms with E-state index in [2.05, 4.69) is 10.2 Å². The van der Waals surface area contributed by atoms with Gasteiger partial charge in [0.15, 0.2) is 16.6 Å². The normalized spacial score (nSPS) is 10.3. The first-order valence-corrected chi connectivity index (χ1v) is 11.1. The van der Waals surface area contributed by atoms with E-state index in [0.717, 1.165) is 28.3 Å². The van der Waals surface area contributed by atoms with E-state index >= 15 is 0 Å². The molecule has 0 aliphatic rings. The molecule has 0 amide bonds. The van der Waals surface area contributed by atoms with Crippen molar-refractivity contribution in [1.29, 1.82) is 0 Å². The molecule has 33 heavy (non-hydrogen) atoms. The maximum absolute atomic E-state index is 5.80. The van der Waals surface area contributed by atoms with Gasteiger partial charge in [-0.25, -0.2) is 0 Å². The molecule has 3 rings (SSSR count). The van der Waals surface area contributed by atoms with Gasteiger partial charge in [0, 0.05) is 18.8 Å². The molecule has 0 saturated heterocycles. The Hall–Kier alpha value is -3.45. The maximum atomic E-state index is 5.80. The number of ether oxygens (including phenoxy) is 4. The van der Waals surface area contributed by atoms with Gasteiger partial charge in [0.2, 0.25) is 0 Å². The molecule has 0 saturated carbocycles. The summed E-state index contributed by atoms with van der Waals surface area (Å²) in [5.74, 6) is 3.03. The van der Waals surface area contributed by atoms with Crippen molar-refractivity contribution in [3.05, 3.63) is 77.9 Å². The molecule has 0 radical (unpaired) electrons. The monoisotopic (exact) mass is 466 g/mol. The van der Waals surface area contributed by atoms with Crippen molar-refractivity contribution in [2.75, 3.05) is 33.3 Å². The number of benzene rings is 3. The van der Waals surface area contributed by atoms with Crippen molar-refractivity contribution >= 4 is 23.0 Å². The van der Waals surface area contributed by atoms with E-state index in [9.17, 15) is 0 Å². The third kappa shape index (κ3) is 6.76. The first kappa shape index (κ1) is 24.2. The standard InChI is InChI=1S/C26H30N2O4S/c1-5-32-23-13-9-21(10-14-23)27-26(33)28(17-19-6-11-22(29-2)12-7-19)18-20-8-15-24(30-3)25(16-20)31-4/h6-16H,5,17-18H2,1-4H3,(H,27,33). The maximum Gasteiger partial charge on any atom is 0.174 e. The number of thiocarbonyl (C=S) groups is 1. The van der Waals surface area contributed by atoms with Gasteiger partial charge in [-0.15, -0.1) is 0 Å². The number of anilines is 1. The van der Waals surface area contributed by atoms with Gasteiger partial charge >= 0.3 is 0 Å². The summed E-state index contributed by atoms with van der Waals surface area (Å²) in [6.45, 7) is 3.81.